The lowest BCUT2D eigenvalue weighted by atomic mass is 10.3. The molecule has 3 nitrogen and oxygen atoms in total. The number of pyridine rings is 1. The van der Waals surface area contributed by atoms with Crippen LogP contribution in [0.3, 0.4) is 0 Å². The first-order chi connectivity index (χ1) is 7.72. The number of anilines is 1. The standard InChI is InChI=1S/C11H15BrFN3/c12-8-6-10(13)11(15-7-8)16(5-1-4-14)9-2-3-9/h6-7,9H,1-5,14H2. The number of nitrogens with two attached hydrogens (primary N) is 1. The van der Waals surface area contributed by atoms with Crippen LogP contribution in [0.25, 0.3) is 0 Å². The number of hydrogen-bond donors (Lipinski definition) is 1. The molecule has 1 aliphatic rings. The molecular formula is C11H15BrFN3. The summed E-state index contributed by atoms with van der Waals surface area (Å²) in [6.07, 6.45) is 4.76. The molecule has 0 amide bonds. The SMILES string of the molecule is NCCCN(c1ncc(Br)cc1F)C1CC1. The van der Waals surface area contributed by atoms with E-state index in [-0.39, 0.29) is 5.82 Å². The van der Waals surface area contributed by atoms with Crippen LogP contribution in [0.5, 0.6) is 0 Å². The summed E-state index contributed by atoms with van der Waals surface area (Å²) in [5.74, 6) is 0.192. The van der Waals surface area contributed by atoms with Crippen LogP contribution in [0.4, 0.5) is 10.2 Å². The monoisotopic (exact) mass is 287 g/mol. The van der Waals surface area contributed by atoms with Gasteiger partial charge >= 0.3 is 0 Å². The Balaban J connectivity index is 2.17. The molecule has 0 aliphatic heterocycles. The zero-order valence-corrected chi connectivity index (χ0v) is 10.6. The van der Waals surface area contributed by atoms with E-state index in [1.807, 2.05) is 4.90 Å². The second kappa shape index (κ2) is 5.10. The second-order valence-electron chi connectivity index (χ2n) is 4.03. The Labute approximate surface area is 103 Å². The van der Waals surface area contributed by atoms with Crippen molar-refractivity contribution in [3.8, 4) is 0 Å². The van der Waals surface area contributed by atoms with Crippen LogP contribution in [-0.4, -0.2) is 24.1 Å². The van der Waals surface area contributed by atoms with Gasteiger partial charge in [0.05, 0.1) is 0 Å². The predicted octanol–water partition coefficient (Wildman–Crippen LogP) is 2.30. The highest BCUT2D eigenvalue weighted by Gasteiger charge is 2.31. The average Bonchev–Trinajstić information content (AvgIpc) is 3.05. The summed E-state index contributed by atoms with van der Waals surface area (Å²) in [5, 5.41) is 0. The van der Waals surface area contributed by atoms with Crippen LogP contribution < -0.4 is 10.6 Å². The summed E-state index contributed by atoms with van der Waals surface area (Å²) < 4.78 is 14.4. The Morgan fingerprint density at radius 1 is 1.56 bits per heavy atom. The Hall–Kier alpha value is -0.680. The van der Waals surface area contributed by atoms with Gasteiger partial charge in [-0.2, -0.15) is 0 Å². The van der Waals surface area contributed by atoms with Gasteiger partial charge in [-0.05, 0) is 47.8 Å². The lowest BCUT2D eigenvalue weighted by Gasteiger charge is -2.23. The average molecular weight is 288 g/mol. The highest BCUT2D eigenvalue weighted by molar-refractivity contribution is 9.10. The molecule has 88 valence electrons. The highest BCUT2D eigenvalue weighted by Crippen LogP contribution is 2.32. The molecule has 0 spiro atoms. The summed E-state index contributed by atoms with van der Waals surface area (Å²) in [6, 6.07) is 1.91. The lowest BCUT2D eigenvalue weighted by Crippen LogP contribution is -2.30. The van der Waals surface area contributed by atoms with Crippen molar-refractivity contribution in [2.45, 2.75) is 25.3 Å². The van der Waals surface area contributed by atoms with Crippen LogP contribution in [0.2, 0.25) is 0 Å². The molecule has 1 aliphatic carbocycles. The number of hydrogen-bond acceptors (Lipinski definition) is 3. The van der Waals surface area contributed by atoms with E-state index in [1.165, 1.54) is 6.07 Å². The minimum absolute atomic E-state index is 0.265. The van der Waals surface area contributed by atoms with Gasteiger partial charge in [-0.3, -0.25) is 0 Å². The minimum atomic E-state index is -0.265. The van der Waals surface area contributed by atoms with Crippen LogP contribution in [0.15, 0.2) is 16.7 Å². The Morgan fingerprint density at radius 2 is 2.31 bits per heavy atom. The molecule has 5 heteroatoms. The van der Waals surface area contributed by atoms with Gasteiger partial charge in [-0.1, -0.05) is 0 Å². The molecule has 0 unspecified atom stereocenters. The van der Waals surface area contributed by atoms with Crippen LogP contribution in [0.1, 0.15) is 19.3 Å². The normalized spacial score (nSPS) is 15.2. The quantitative estimate of drug-likeness (QED) is 0.904. The molecular weight excluding hydrogens is 273 g/mol. The van der Waals surface area contributed by atoms with E-state index >= 15 is 0 Å². The number of rotatable bonds is 5. The summed E-state index contributed by atoms with van der Waals surface area (Å²) >= 11 is 3.21. The van der Waals surface area contributed by atoms with Gasteiger partial charge in [0.1, 0.15) is 0 Å². The van der Waals surface area contributed by atoms with Gasteiger partial charge in [0, 0.05) is 23.3 Å². The molecule has 1 aromatic heterocycles. The van der Waals surface area contributed by atoms with E-state index < -0.39 is 0 Å². The zero-order chi connectivity index (χ0) is 11.5. The molecule has 1 saturated carbocycles. The van der Waals surface area contributed by atoms with Gasteiger partial charge in [0.2, 0.25) is 0 Å². The first-order valence-corrected chi connectivity index (χ1v) is 6.29. The van der Waals surface area contributed by atoms with E-state index in [4.69, 9.17) is 5.73 Å². The van der Waals surface area contributed by atoms with Crippen molar-refractivity contribution in [2.75, 3.05) is 18.0 Å². The fourth-order valence-corrected chi connectivity index (χ4v) is 2.03. The third kappa shape index (κ3) is 2.71. The smallest absolute Gasteiger partial charge is 0.166 e. The summed E-state index contributed by atoms with van der Waals surface area (Å²) in [5.41, 5.74) is 5.49. The third-order valence-corrected chi connectivity index (χ3v) is 3.08. The Bertz CT molecular complexity index is 368. The van der Waals surface area contributed by atoms with Crippen molar-refractivity contribution in [2.24, 2.45) is 5.73 Å². The Kier molecular flexibility index (Phi) is 3.76. The van der Waals surface area contributed by atoms with Crippen LogP contribution in [-0.2, 0) is 0 Å². The number of halogens is 2. The fourth-order valence-electron chi connectivity index (χ4n) is 1.73. The van der Waals surface area contributed by atoms with Crippen molar-refractivity contribution < 1.29 is 4.39 Å². The first kappa shape index (κ1) is 11.8. The van der Waals surface area contributed by atoms with Crippen LogP contribution >= 0.6 is 15.9 Å². The molecule has 2 N–H and O–H groups in total. The summed E-state index contributed by atoms with van der Waals surface area (Å²) in [4.78, 5) is 6.19. The van der Waals surface area contributed by atoms with E-state index in [0.29, 0.717) is 22.9 Å². The van der Waals surface area contributed by atoms with Crippen LogP contribution in [0, 0.1) is 5.82 Å². The maximum Gasteiger partial charge on any atom is 0.166 e. The molecule has 0 aromatic carbocycles. The molecule has 0 radical (unpaired) electrons. The van der Waals surface area contributed by atoms with E-state index in [9.17, 15) is 4.39 Å². The van der Waals surface area contributed by atoms with Gasteiger partial charge in [0.25, 0.3) is 0 Å². The maximum atomic E-state index is 13.8. The molecule has 2 rings (SSSR count). The van der Waals surface area contributed by atoms with Crippen molar-refractivity contribution in [1.29, 1.82) is 0 Å². The van der Waals surface area contributed by atoms with Crippen molar-refractivity contribution in [1.82, 2.24) is 4.98 Å². The molecule has 1 fully saturated rings. The highest BCUT2D eigenvalue weighted by atomic mass is 79.9. The topological polar surface area (TPSA) is 42.1 Å². The van der Waals surface area contributed by atoms with Gasteiger partial charge in [-0.15, -0.1) is 0 Å². The first-order valence-electron chi connectivity index (χ1n) is 5.50. The number of nitrogens with zero attached hydrogens (tertiary/aromatic N) is 2. The van der Waals surface area contributed by atoms with Crippen molar-refractivity contribution in [3.05, 3.63) is 22.6 Å². The molecule has 0 bridgehead atoms. The second-order valence-corrected chi connectivity index (χ2v) is 4.94. The largest absolute Gasteiger partial charge is 0.351 e. The van der Waals surface area contributed by atoms with Gasteiger partial charge in [0.15, 0.2) is 11.6 Å². The summed E-state index contributed by atoms with van der Waals surface area (Å²) in [7, 11) is 0. The molecule has 1 aromatic rings. The predicted molar refractivity (Wildman–Crippen MR) is 65.9 cm³/mol. The summed E-state index contributed by atoms with van der Waals surface area (Å²) in [6.45, 7) is 1.41. The molecule has 0 atom stereocenters. The number of aromatic nitrogens is 1. The van der Waals surface area contributed by atoms with E-state index in [2.05, 4.69) is 20.9 Å². The molecule has 16 heavy (non-hydrogen) atoms. The van der Waals surface area contributed by atoms with Crippen molar-refractivity contribution >= 4 is 21.7 Å². The van der Waals surface area contributed by atoms with Crippen molar-refractivity contribution in [3.63, 3.8) is 0 Å². The molecule has 1 heterocycles. The third-order valence-electron chi connectivity index (χ3n) is 2.65. The van der Waals surface area contributed by atoms with E-state index in [1.54, 1.807) is 6.20 Å². The maximum absolute atomic E-state index is 13.8. The van der Waals surface area contributed by atoms with Gasteiger partial charge < -0.3 is 10.6 Å². The minimum Gasteiger partial charge on any atom is -0.351 e. The molecule has 0 saturated heterocycles. The van der Waals surface area contributed by atoms with Gasteiger partial charge in [-0.25, -0.2) is 9.37 Å². The Morgan fingerprint density at radius 3 is 2.88 bits per heavy atom. The fraction of sp³-hybridized carbons (Fsp3) is 0.545. The lowest BCUT2D eigenvalue weighted by molar-refractivity contribution is 0.601. The zero-order valence-electron chi connectivity index (χ0n) is 9.00. The van der Waals surface area contributed by atoms with E-state index in [0.717, 1.165) is 25.8 Å².